The molecule has 3 fully saturated rings. The van der Waals surface area contributed by atoms with Gasteiger partial charge in [-0.15, -0.1) is 0 Å². The molecule has 4 aliphatic rings. The summed E-state index contributed by atoms with van der Waals surface area (Å²) in [6, 6.07) is 0. The Morgan fingerprint density at radius 1 is 1.00 bits per heavy atom. The molecule has 0 aromatic carbocycles. The average molecular weight is 443 g/mol. The van der Waals surface area contributed by atoms with Crippen LogP contribution in [0.1, 0.15) is 113 Å². The summed E-state index contributed by atoms with van der Waals surface area (Å²) < 4.78 is 5.64. The number of carbonyl (C=O) groups is 1. The van der Waals surface area contributed by atoms with E-state index >= 15 is 0 Å². The van der Waals surface area contributed by atoms with E-state index in [1.165, 1.54) is 51.4 Å². The third-order valence-corrected chi connectivity index (χ3v) is 11.3. The van der Waals surface area contributed by atoms with Gasteiger partial charge in [-0.25, -0.2) is 0 Å². The van der Waals surface area contributed by atoms with Crippen molar-refractivity contribution < 1.29 is 9.53 Å². The van der Waals surface area contributed by atoms with Gasteiger partial charge in [0.2, 0.25) is 0 Å². The zero-order chi connectivity index (χ0) is 23.3. The van der Waals surface area contributed by atoms with Gasteiger partial charge in [0.05, 0.1) is 0 Å². The van der Waals surface area contributed by atoms with Crippen molar-refractivity contribution in [3.05, 3.63) is 11.6 Å². The summed E-state index contributed by atoms with van der Waals surface area (Å²) in [5, 5.41) is 0. The first-order valence-electron chi connectivity index (χ1n) is 13.9. The minimum Gasteiger partial charge on any atom is -0.463 e. The lowest BCUT2D eigenvalue weighted by Crippen LogP contribution is -2.50. The lowest BCUT2D eigenvalue weighted by atomic mass is 9.47. The third kappa shape index (κ3) is 4.22. The second-order valence-corrected chi connectivity index (χ2v) is 13.3. The highest BCUT2D eigenvalue weighted by Crippen LogP contribution is 2.67. The summed E-state index contributed by atoms with van der Waals surface area (Å²) in [6.07, 6.45) is 15.9. The maximum absolute atomic E-state index is 11.5. The smallest absolute Gasteiger partial charge is 0.302 e. The molecule has 182 valence electrons. The Kier molecular flexibility index (Phi) is 6.92. The van der Waals surface area contributed by atoms with Crippen molar-refractivity contribution in [1.82, 2.24) is 0 Å². The number of esters is 1. The molecule has 0 spiro atoms. The zero-order valence-electron chi connectivity index (χ0n) is 22.1. The van der Waals surface area contributed by atoms with Gasteiger partial charge >= 0.3 is 5.97 Å². The molecule has 0 N–H and O–H groups in total. The van der Waals surface area contributed by atoms with E-state index in [0.29, 0.717) is 16.7 Å². The van der Waals surface area contributed by atoms with Crippen LogP contribution in [0.3, 0.4) is 0 Å². The van der Waals surface area contributed by atoms with Crippen LogP contribution < -0.4 is 0 Å². The number of hydrogen-bond donors (Lipinski definition) is 0. The van der Waals surface area contributed by atoms with Crippen molar-refractivity contribution in [3.63, 3.8) is 0 Å². The second kappa shape index (κ2) is 9.10. The van der Waals surface area contributed by atoms with Crippen LogP contribution in [-0.2, 0) is 9.53 Å². The monoisotopic (exact) mass is 442 g/mol. The van der Waals surface area contributed by atoms with Gasteiger partial charge in [0.1, 0.15) is 6.10 Å². The molecule has 9 atom stereocenters. The molecular formula is C30H50O2. The van der Waals surface area contributed by atoms with E-state index in [1.54, 1.807) is 6.92 Å². The first kappa shape index (κ1) is 24.3. The molecule has 0 aromatic rings. The fraction of sp³-hybridized carbons (Fsp3) is 0.900. The van der Waals surface area contributed by atoms with E-state index in [1.807, 2.05) is 5.57 Å². The molecule has 3 saturated carbocycles. The van der Waals surface area contributed by atoms with Crippen LogP contribution in [0.5, 0.6) is 0 Å². The van der Waals surface area contributed by atoms with Crippen LogP contribution in [0.25, 0.3) is 0 Å². The summed E-state index contributed by atoms with van der Waals surface area (Å²) in [5.41, 5.74) is 2.79. The summed E-state index contributed by atoms with van der Waals surface area (Å²) in [7, 11) is 0. The van der Waals surface area contributed by atoms with Gasteiger partial charge in [-0.1, -0.05) is 66.0 Å². The summed E-state index contributed by atoms with van der Waals surface area (Å²) >= 11 is 0. The number of carbonyl (C=O) groups excluding carboxylic acids is 1. The van der Waals surface area contributed by atoms with Crippen LogP contribution in [0.4, 0.5) is 0 Å². The highest BCUT2D eigenvalue weighted by atomic mass is 16.5. The van der Waals surface area contributed by atoms with Gasteiger partial charge in [-0.2, -0.15) is 0 Å². The third-order valence-electron chi connectivity index (χ3n) is 11.3. The quantitative estimate of drug-likeness (QED) is 0.306. The molecule has 0 saturated heterocycles. The Morgan fingerprint density at radius 3 is 2.38 bits per heavy atom. The number of ether oxygens (including phenoxy) is 1. The first-order chi connectivity index (χ1) is 15.1. The highest BCUT2D eigenvalue weighted by Gasteiger charge is 2.58. The molecule has 4 aliphatic carbocycles. The van der Waals surface area contributed by atoms with Gasteiger partial charge < -0.3 is 4.74 Å². The van der Waals surface area contributed by atoms with Crippen LogP contribution >= 0.6 is 0 Å². The number of allylic oxidation sites excluding steroid dienone is 2. The topological polar surface area (TPSA) is 26.3 Å². The van der Waals surface area contributed by atoms with Gasteiger partial charge in [-0.05, 0) is 104 Å². The second-order valence-electron chi connectivity index (χ2n) is 13.3. The fourth-order valence-electron chi connectivity index (χ4n) is 8.85. The Labute approximate surface area is 198 Å². The molecule has 5 unspecified atom stereocenters. The molecular weight excluding hydrogens is 392 g/mol. The predicted molar refractivity (Wildman–Crippen MR) is 133 cm³/mol. The van der Waals surface area contributed by atoms with E-state index < -0.39 is 0 Å². The van der Waals surface area contributed by atoms with Gasteiger partial charge in [0.15, 0.2) is 0 Å². The van der Waals surface area contributed by atoms with Crippen molar-refractivity contribution in [2.75, 3.05) is 0 Å². The maximum Gasteiger partial charge on any atom is 0.302 e. The van der Waals surface area contributed by atoms with Gasteiger partial charge in [0.25, 0.3) is 0 Å². The Balaban J connectivity index is 1.47. The van der Waals surface area contributed by atoms with Crippen LogP contribution in [0, 0.1) is 52.3 Å². The van der Waals surface area contributed by atoms with Gasteiger partial charge in [0, 0.05) is 6.92 Å². The molecule has 0 aromatic heterocycles. The number of fused-ring (bicyclic) bond motifs is 5. The highest BCUT2D eigenvalue weighted by molar-refractivity contribution is 5.66. The Morgan fingerprint density at radius 2 is 1.69 bits per heavy atom. The predicted octanol–water partition coefficient (Wildman–Crippen LogP) is 8.21. The minimum atomic E-state index is -0.104. The first-order valence-corrected chi connectivity index (χ1v) is 13.9. The molecule has 4 rings (SSSR count). The molecule has 2 heteroatoms. The Bertz CT molecular complexity index is 722. The zero-order valence-corrected chi connectivity index (χ0v) is 22.1. The molecule has 2 nitrogen and oxygen atoms in total. The van der Waals surface area contributed by atoms with Crippen molar-refractivity contribution in [1.29, 1.82) is 0 Å². The van der Waals surface area contributed by atoms with Crippen molar-refractivity contribution >= 4 is 5.97 Å². The lowest BCUT2D eigenvalue weighted by Gasteiger charge is -2.58. The minimum absolute atomic E-state index is 0.104. The summed E-state index contributed by atoms with van der Waals surface area (Å²) in [6.45, 7) is 16.6. The van der Waals surface area contributed by atoms with Gasteiger partial charge in [-0.3, -0.25) is 4.79 Å². The lowest BCUT2D eigenvalue weighted by molar-refractivity contribution is -0.152. The fourth-order valence-corrected chi connectivity index (χ4v) is 8.85. The Hall–Kier alpha value is -0.790. The molecule has 0 aliphatic heterocycles. The van der Waals surface area contributed by atoms with Crippen LogP contribution in [-0.4, -0.2) is 12.1 Å². The molecule has 0 radical (unpaired) electrons. The van der Waals surface area contributed by atoms with Crippen LogP contribution in [0.15, 0.2) is 11.6 Å². The van der Waals surface area contributed by atoms with E-state index in [2.05, 4.69) is 47.6 Å². The van der Waals surface area contributed by atoms with E-state index in [0.717, 1.165) is 48.3 Å². The van der Waals surface area contributed by atoms with Crippen LogP contribution in [0.2, 0.25) is 0 Å². The number of hydrogen-bond acceptors (Lipinski definition) is 2. The van der Waals surface area contributed by atoms with E-state index in [-0.39, 0.29) is 12.1 Å². The number of rotatable bonds is 6. The maximum atomic E-state index is 11.5. The summed E-state index contributed by atoms with van der Waals surface area (Å²) in [4.78, 5) is 11.5. The molecule has 0 heterocycles. The van der Waals surface area contributed by atoms with Crippen molar-refractivity contribution in [3.8, 4) is 0 Å². The average Bonchev–Trinajstić information content (AvgIpc) is 3.08. The standard InChI is InChI=1S/C30H50O2/c1-19(2)20(3)8-9-21(4)26-12-13-27-25-11-10-23-18-24(32-22(5)31)14-16-29(23,6)28(25)15-17-30(26,27)7/h11,19-21,23-24,26-28H,8-10,12-18H2,1-7H3/t20-,21+,23-,24?,26?,27?,28?,29+,30?/m0/s1. The van der Waals surface area contributed by atoms with Crippen molar-refractivity contribution in [2.45, 2.75) is 119 Å². The largest absolute Gasteiger partial charge is 0.463 e. The van der Waals surface area contributed by atoms with E-state index in [4.69, 9.17) is 4.74 Å². The summed E-state index contributed by atoms with van der Waals surface area (Å²) in [5.74, 6) is 5.58. The normalized spacial score (nSPS) is 43.0. The SMILES string of the molecule is CC(=O)OC1CC[C@@]2(C)C3CCC4(C)C(CCC4[C@H](C)CC[C@H](C)C(C)C)C3=CC[C@H]2C1. The van der Waals surface area contributed by atoms with E-state index in [9.17, 15) is 4.79 Å². The van der Waals surface area contributed by atoms with Crippen molar-refractivity contribution in [2.24, 2.45) is 52.3 Å². The molecule has 0 amide bonds. The molecule has 32 heavy (non-hydrogen) atoms. The molecule has 0 bridgehead atoms.